The number of aliphatic hydroxyl groups is 1. The van der Waals surface area contributed by atoms with Crippen molar-refractivity contribution in [2.75, 3.05) is 0 Å². The second kappa shape index (κ2) is 6.83. The summed E-state index contributed by atoms with van der Waals surface area (Å²) in [7, 11) is 0. The smallest absolute Gasteiger partial charge is 0.138 e. The Morgan fingerprint density at radius 2 is 1.95 bits per heavy atom. The van der Waals surface area contributed by atoms with Crippen LogP contribution >= 0.6 is 0 Å². The van der Waals surface area contributed by atoms with Gasteiger partial charge >= 0.3 is 0 Å². The summed E-state index contributed by atoms with van der Waals surface area (Å²) < 4.78 is 18.0. The summed E-state index contributed by atoms with van der Waals surface area (Å²) in [5.74, 6) is 0.516. The minimum Gasteiger partial charge on any atom is -0.388 e. The fourth-order valence-electron chi connectivity index (χ4n) is 2.27. The molecular formula is C16H21FN2O2. The lowest BCUT2D eigenvalue weighted by Gasteiger charge is -2.18. The van der Waals surface area contributed by atoms with Crippen LogP contribution < -0.4 is 5.32 Å². The van der Waals surface area contributed by atoms with Crippen LogP contribution in [0.5, 0.6) is 0 Å². The predicted octanol–water partition coefficient (Wildman–Crippen LogP) is 3.03. The van der Waals surface area contributed by atoms with Crippen LogP contribution in [0.25, 0.3) is 0 Å². The Labute approximate surface area is 124 Å². The number of nitrogens with one attached hydrogen (secondary N) is 1. The van der Waals surface area contributed by atoms with Gasteiger partial charge in [0.2, 0.25) is 0 Å². The zero-order valence-corrected chi connectivity index (χ0v) is 12.6. The lowest BCUT2D eigenvalue weighted by atomic mass is 10.0. The maximum atomic E-state index is 12.9. The van der Waals surface area contributed by atoms with E-state index in [1.165, 1.54) is 12.1 Å². The SMILES string of the molecule is Cc1noc(C)c1CNC(C)CC(O)c1ccc(F)cc1. The van der Waals surface area contributed by atoms with Gasteiger partial charge in [-0.1, -0.05) is 17.3 Å². The number of benzene rings is 1. The van der Waals surface area contributed by atoms with Gasteiger partial charge in [0.15, 0.2) is 0 Å². The maximum absolute atomic E-state index is 12.9. The van der Waals surface area contributed by atoms with E-state index in [9.17, 15) is 9.50 Å². The van der Waals surface area contributed by atoms with Crippen LogP contribution in [-0.4, -0.2) is 16.3 Å². The molecule has 2 aromatic rings. The maximum Gasteiger partial charge on any atom is 0.138 e. The topological polar surface area (TPSA) is 58.3 Å². The van der Waals surface area contributed by atoms with Crippen molar-refractivity contribution in [2.45, 2.75) is 45.9 Å². The second-order valence-electron chi connectivity index (χ2n) is 5.39. The average Bonchev–Trinajstić information content (AvgIpc) is 2.76. The number of hydrogen-bond acceptors (Lipinski definition) is 4. The van der Waals surface area contributed by atoms with Gasteiger partial charge in [-0.05, 0) is 44.9 Å². The first-order chi connectivity index (χ1) is 9.97. The van der Waals surface area contributed by atoms with E-state index in [-0.39, 0.29) is 11.9 Å². The van der Waals surface area contributed by atoms with E-state index in [1.807, 2.05) is 20.8 Å². The van der Waals surface area contributed by atoms with Crippen LogP contribution in [0.1, 0.15) is 42.0 Å². The average molecular weight is 292 g/mol. The van der Waals surface area contributed by atoms with Crippen LogP contribution in [0.15, 0.2) is 28.8 Å². The van der Waals surface area contributed by atoms with E-state index in [0.29, 0.717) is 13.0 Å². The Balaban J connectivity index is 1.87. The number of halogens is 1. The highest BCUT2D eigenvalue weighted by Gasteiger charge is 2.14. The predicted molar refractivity (Wildman–Crippen MR) is 78.3 cm³/mol. The van der Waals surface area contributed by atoms with Crippen LogP contribution in [0.3, 0.4) is 0 Å². The van der Waals surface area contributed by atoms with Crippen molar-refractivity contribution < 1.29 is 14.0 Å². The van der Waals surface area contributed by atoms with Crippen molar-refractivity contribution >= 4 is 0 Å². The Morgan fingerprint density at radius 1 is 1.29 bits per heavy atom. The van der Waals surface area contributed by atoms with Gasteiger partial charge < -0.3 is 14.9 Å². The summed E-state index contributed by atoms with van der Waals surface area (Å²) in [5.41, 5.74) is 2.66. The number of rotatable bonds is 6. The molecule has 0 spiro atoms. The lowest BCUT2D eigenvalue weighted by Crippen LogP contribution is -2.27. The summed E-state index contributed by atoms with van der Waals surface area (Å²) in [5, 5.41) is 17.4. The first kappa shape index (κ1) is 15.7. The molecule has 0 radical (unpaired) electrons. The highest BCUT2D eigenvalue weighted by Crippen LogP contribution is 2.19. The molecule has 1 heterocycles. The number of hydrogen-bond donors (Lipinski definition) is 2. The van der Waals surface area contributed by atoms with Gasteiger partial charge in [0, 0.05) is 18.2 Å². The minimum absolute atomic E-state index is 0.110. The highest BCUT2D eigenvalue weighted by molar-refractivity contribution is 5.21. The van der Waals surface area contributed by atoms with E-state index in [2.05, 4.69) is 10.5 Å². The highest BCUT2D eigenvalue weighted by atomic mass is 19.1. The zero-order chi connectivity index (χ0) is 15.4. The third-order valence-electron chi connectivity index (χ3n) is 3.64. The number of aliphatic hydroxyl groups excluding tert-OH is 1. The van der Waals surface area contributed by atoms with E-state index in [0.717, 1.165) is 22.6 Å². The molecule has 0 aliphatic rings. The largest absolute Gasteiger partial charge is 0.388 e. The number of aromatic nitrogens is 1. The van der Waals surface area contributed by atoms with Gasteiger partial charge in [0.1, 0.15) is 11.6 Å². The standard InChI is InChI=1S/C16H21FN2O2/c1-10(18-9-15-11(2)19-21-12(15)3)8-16(20)13-4-6-14(17)7-5-13/h4-7,10,16,18,20H,8-9H2,1-3H3. The van der Waals surface area contributed by atoms with Crippen LogP contribution in [0.2, 0.25) is 0 Å². The third-order valence-corrected chi connectivity index (χ3v) is 3.64. The summed E-state index contributed by atoms with van der Waals surface area (Å²) in [4.78, 5) is 0. The molecule has 114 valence electrons. The summed E-state index contributed by atoms with van der Waals surface area (Å²) in [6.45, 7) is 6.45. The van der Waals surface area contributed by atoms with Crippen LogP contribution in [-0.2, 0) is 6.54 Å². The van der Waals surface area contributed by atoms with Crippen LogP contribution in [0, 0.1) is 19.7 Å². The van der Waals surface area contributed by atoms with Crippen LogP contribution in [0.4, 0.5) is 4.39 Å². The Morgan fingerprint density at radius 3 is 2.52 bits per heavy atom. The molecule has 5 heteroatoms. The monoisotopic (exact) mass is 292 g/mol. The second-order valence-corrected chi connectivity index (χ2v) is 5.39. The summed E-state index contributed by atoms with van der Waals surface area (Å²) in [6.07, 6.45) is -0.0626. The van der Waals surface area contributed by atoms with Crippen molar-refractivity contribution in [1.82, 2.24) is 10.5 Å². The fourth-order valence-corrected chi connectivity index (χ4v) is 2.27. The van der Waals surface area contributed by atoms with Gasteiger partial charge in [0.25, 0.3) is 0 Å². The molecule has 2 atom stereocenters. The van der Waals surface area contributed by atoms with Gasteiger partial charge in [-0.2, -0.15) is 0 Å². The third kappa shape index (κ3) is 4.12. The van der Waals surface area contributed by atoms with Crippen molar-refractivity contribution in [3.63, 3.8) is 0 Å². The molecule has 1 aromatic heterocycles. The molecule has 2 N–H and O–H groups in total. The van der Waals surface area contributed by atoms with Crippen molar-refractivity contribution in [3.8, 4) is 0 Å². The van der Waals surface area contributed by atoms with E-state index >= 15 is 0 Å². The molecule has 0 fully saturated rings. The molecule has 0 saturated heterocycles. The Bertz CT molecular complexity index is 561. The molecule has 0 aliphatic heterocycles. The lowest BCUT2D eigenvalue weighted by molar-refractivity contribution is 0.153. The molecule has 0 saturated carbocycles. The first-order valence-electron chi connectivity index (χ1n) is 7.06. The van der Waals surface area contributed by atoms with Gasteiger partial charge in [-0.3, -0.25) is 0 Å². The van der Waals surface area contributed by atoms with Gasteiger partial charge in [0.05, 0.1) is 11.8 Å². The molecule has 2 unspecified atom stereocenters. The summed E-state index contributed by atoms with van der Waals surface area (Å²) in [6, 6.07) is 6.06. The first-order valence-corrected chi connectivity index (χ1v) is 7.06. The van der Waals surface area contributed by atoms with E-state index in [1.54, 1.807) is 12.1 Å². The molecule has 2 rings (SSSR count). The van der Waals surface area contributed by atoms with Crippen molar-refractivity contribution in [2.24, 2.45) is 0 Å². The van der Waals surface area contributed by atoms with Gasteiger partial charge in [-0.25, -0.2) is 4.39 Å². The number of nitrogens with zero attached hydrogens (tertiary/aromatic N) is 1. The summed E-state index contributed by atoms with van der Waals surface area (Å²) >= 11 is 0. The minimum atomic E-state index is -0.613. The van der Waals surface area contributed by atoms with Gasteiger partial charge in [-0.15, -0.1) is 0 Å². The molecule has 21 heavy (non-hydrogen) atoms. The fraction of sp³-hybridized carbons (Fsp3) is 0.438. The molecule has 0 amide bonds. The molecular weight excluding hydrogens is 271 g/mol. The molecule has 4 nitrogen and oxygen atoms in total. The van der Waals surface area contributed by atoms with Crippen molar-refractivity contribution in [3.05, 3.63) is 52.7 Å². The quantitative estimate of drug-likeness (QED) is 0.859. The molecule has 1 aromatic carbocycles. The Hall–Kier alpha value is -1.72. The normalized spacial score (nSPS) is 14.1. The van der Waals surface area contributed by atoms with E-state index in [4.69, 9.17) is 4.52 Å². The molecule has 0 bridgehead atoms. The van der Waals surface area contributed by atoms with E-state index < -0.39 is 6.10 Å². The zero-order valence-electron chi connectivity index (χ0n) is 12.6. The number of aryl methyl sites for hydroxylation is 2. The van der Waals surface area contributed by atoms with Crippen molar-refractivity contribution in [1.29, 1.82) is 0 Å². The Kier molecular flexibility index (Phi) is 5.09. The molecule has 0 aliphatic carbocycles.